The van der Waals surface area contributed by atoms with Gasteiger partial charge in [0.15, 0.2) is 5.78 Å². The van der Waals surface area contributed by atoms with Crippen LogP contribution in [-0.2, 0) is 11.2 Å². The number of benzene rings is 1. The summed E-state index contributed by atoms with van der Waals surface area (Å²) in [5, 5.41) is 9.48. The molecule has 1 N–H and O–H groups in total. The lowest BCUT2D eigenvalue weighted by molar-refractivity contribution is -0.110. The number of phenols is 1. The summed E-state index contributed by atoms with van der Waals surface area (Å²) in [7, 11) is 0. The molecule has 0 atom stereocenters. The number of allylic oxidation sites excluding steroid dienone is 3. The first kappa shape index (κ1) is 12.2. The maximum atomic E-state index is 11.3. The minimum atomic E-state index is -0.129. The van der Waals surface area contributed by atoms with Gasteiger partial charge in [-0.15, -0.1) is 0 Å². The Kier molecular flexibility index (Phi) is 3.33. The summed E-state index contributed by atoms with van der Waals surface area (Å²) in [6.45, 7) is 5.80. The zero-order valence-electron chi connectivity index (χ0n) is 10.1. The zero-order valence-corrected chi connectivity index (χ0v) is 10.1. The highest BCUT2D eigenvalue weighted by atomic mass is 16.5. The van der Waals surface area contributed by atoms with E-state index < -0.39 is 0 Å². The number of phenolic OH excluding ortho intramolecular Hbond substituents is 1. The fraction of sp³-hybridized carbons (Fsp3) is 0.133. The number of carbonyl (C=O) groups is 1. The van der Waals surface area contributed by atoms with Gasteiger partial charge in [0.05, 0.1) is 0 Å². The lowest BCUT2D eigenvalue weighted by Crippen LogP contribution is -2.06. The molecule has 1 aliphatic rings. The second-order valence-electron chi connectivity index (χ2n) is 4.02. The maximum Gasteiger partial charge on any atom is 0.182 e. The van der Waals surface area contributed by atoms with Crippen LogP contribution in [0.3, 0.4) is 0 Å². The fourth-order valence-electron chi connectivity index (χ4n) is 1.68. The van der Waals surface area contributed by atoms with E-state index in [0.29, 0.717) is 17.1 Å². The van der Waals surface area contributed by atoms with E-state index in [2.05, 4.69) is 6.58 Å². The van der Waals surface area contributed by atoms with Crippen LogP contribution in [0, 0.1) is 0 Å². The van der Waals surface area contributed by atoms with E-state index in [1.54, 1.807) is 18.2 Å². The lowest BCUT2D eigenvalue weighted by atomic mass is 10.1. The van der Waals surface area contributed by atoms with Gasteiger partial charge in [-0.25, -0.2) is 0 Å². The van der Waals surface area contributed by atoms with Gasteiger partial charge in [0, 0.05) is 17.7 Å². The smallest absolute Gasteiger partial charge is 0.182 e. The lowest BCUT2D eigenvalue weighted by Gasteiger charge is -2.15. The van der Waals surface area contributed by atoms with Crippen molar-refractivity contribution in [3.8, 4) is 11.5 Å². The van der Waals surface area contributed by atoms with Gasteiger partial charge in [-0.2, -0.15) is 0 Å². The highest BCUT2D eigenvalue weighted by Gasteiger charge is 2.12. The number of aromatic hydroxyl groups is 1. The molecule has 0 bridgehead atoms. The number of hydrogen-bond acceptors (Lipinski definition) is 3. The van der Waals surface area contributed by atoms with Gasteiger partial charge in [0.25, 0.3) is 0 Å². The Labute approximate surface area is 106 Å². The molecule has 0 amide bonds. The molecule has 0 aromatic heterocycles. The van der Waals surface area contributed by atoms with Crippen LogP contribution in [0.15, 0.2) is 54.3 Å². The Balaban J connectivity index is 2.31. The molecule has 0 saturated carbocycles. The molecule has 1 aromatic rings. The molecular formula is C15H14O3. The normalized spacial score (nSPS) is 14.6. The summed E-state index contributed by atoms with van der Waals surface area (Å²) in [6, 6.07) is 4.95. The van der Waals surface area contributed by atoms with Crippen LogP contribution in [0.5, 0.6) is 11.5 Å². The van der Waals surface area contributed by atoms with Crippen LogP contribution in [0.4, 0.5) is 0 Å². The van der Waals surface area contributed by atoms with Crippen molar-refractivity contribution < 1.29 is 14.6 Å². The topological polar surface area (TPSA) is 46.5 Å². The molecule has 3 heteroatoms. The average molecular weight is 242 g/mol. The third-order valence-electron chi connectivity index (χ3n) is 2.69. The zero-order chi connectivity index (χ0) is 13.1. The summed E-state index contributed by atoms with van der Waals surface area (Å²) in [5.74, 6) is 0.970. The molecule has 0 fully saturated rings. The van der Waals surface area contributed by atoms with Crippen LogP contribution in [0.25, 0.3) is 0 Å². The minimum Gasteiger partial charge on any atom is -0.508 e. The SMILES string of the molecule is C=C1C=CC(=O)C=C1Oc1cc(O)ccc1CC. The number of hydrogen-bond donors (Lipinski definition) is 1. The molecule has 0 unspecified atom stereocenters. The molecule has 0 saturated heterocycles. The van der Waals surface area contributed by atoms with Crippen LogP contribution < -0.4 is 4.74 Å². The van der Waals surface area contributed by atoms with Crippen molar-refractivity contribution in [2.75, 3.05) is 0 Å². The van der Waals surface area contributed by atoms with Crippen molar-refractivity contribution in [2.45, 2.75) is 13.3 Å². The molecule has 1 aliphatic carbocycles. The van der Waals surface area contributed by atoms with Crippen molar-refractivity contribution in [3.05, 3.63) is 59.9 Å². The van der Waals surface area contributed by atoms with Gasteiger partial charge >= 0.3 is 0 Å². The molecule has 92 valence electrons. The van der Waals surface area contributed by atoms with Crippen LogP contribution in [0.1, 0.15) is 12.5 Å². The molecule has 0 spiro atoms. The van der Waals surface area contributed by atoms with Crippen LogP contribution in [0.2, 0.25) is 0 Å². The van der Waals surface area contributed by atoms with Gasteiger partial charge in [-0.05, 0) is 30.2 Å². The van der Waals surface area contributed by atoms with Gasteiger partial charge in [0.2, 0.25) is 0 Å². The van der Waals surface area contributed by atoms with E-state index in [1.807, 2.05) is 6.92 Å². The molecule has 0 radical (unpaired) electrons. The number of carbonyl (C=O) groups excluding carboxylic acids is 1. The molecule has 1 aromatic carbocycles. The third kappa shape index (κ3) is 2.51. The standard InChI is InChI=1S/C15H14O3/c1-3-11-5-7-13(17)9-15(11)18-14-8-12(16)6-4-10(14)2/h4-9,17H,2-3H2,1H3. The largest absolute Gasteiger partial charge is 0.508 e. The number of ketones is 1. The van der Waals surface area contributed by atoms with Crippen molar-refractivity contribution in [1.82, 2.24) is 0 Å². The van der Waals surface area contributed by atoms with E-state index in [9.17, 15) is 9.90 Å². The second-order valence-corrected chi connectivity index (χ2v) is 4.02. The van der Waals surface area contributed by atoms with Gasteiger partial charge in [-0.3, -0.25) is 4.79 Å². The molecule has 0 heterocycles. The first-order valence-electron chi connectivity index (χ1n) is 5.73. The molecule has 2 rings (SSSR count). The fourth-order valence-corrected chi connectivity index (χ4v) is 1.68. The van der Waals surface area contributed by atoms with Gasteiger partial charge < -0.3 is 9.84 Å². The summed E-state index contributed by atoms with van der Waals surface area (Å²) >= 11 is 0. The minimum absolute atomic E-state index is 0.129. The van der Waals surface area contributed by atoms with Crippen LogP contribution in [-0.4, -0.2) is 10.9 Å². The van der Waals surface area contributed by atoms with Crippen LogP contribution >= 0.6 is 0 Å². The summed E-state index contributed by atoms with van der Waals surface area (Å²) in [5.41, 5.74) is 1.60. The Morgan fingerprint density at radius 3 is 2.83 bits per heavy atom. The molecule has 18 heavy (non-hydrogen) atoms. The monoisotopic (exact) mass is 242 g/mol. The van der Waals surface area contributed by atoms with Crippen molar-refractivity contribution in [1.29, 1.82) is 0 Å². The Bertz CT molecular complexity index is 565. The third-order valence-corrected chi connectivity index (χ3v) is 2.69. The molecule has 3 nitrogen and oxygen atoms in total. The predicted molar refractivity (Wildman–Crippen MR) is 69.5 cm³/mol. The highest BCUT2D eigenvalue weighted by molar-refractivity contribution is 6.02. The van der Waals surface area contributed by atoms with E-state index in [0.717, 1.165) is 12.0 Å². The maximum absolute atomic E-state index is 11.3. The van der Waals surface area contributed by atoms with E-state index in [4.69, 9.17) is 4.74 Å². The summed E-state index contributed by atoms with van der Waals surface area (Å²) < 4.78 is 5.67. The second kappa shape index (κ2) is 4.92. The Morgan fingerprint density at radius 1 is 1.33 bits per heavy atom. The number of ether oxygens (including phenoxy) is 1. The van der Waals surface area contributed by atoms with Crippen molar-refractivity contribution in [2.24, 2.45) is 0 Å². The first-order valence-corrected chi connectivity index (χ1v) is 5.73. The summed E-state index contributed by atoms with van der Waals surface area (Å²) in [4.78, 5) is 11.3. The van der Waals surface area contributed by atoms with Crippen molar-refractivity contribution >= 4 is 5.78 Å². The molecule has 0 aliphatic heterocycles. The van der Waals surface area contributed by atoms with Crippen molar-refractivity contribution in [3.63, 3.8) is 0 Å². The van der Waals surface area contributed by atoms with Gasteiger partial charge in [0.1, 0.15) is 17.3 Å². The number of rotatable bonds is 3. The average Bonchev–Trinajstić information content (AvgIpc) is 2.34. The summed E-state index contributed by atoms with van der Waals surface area (Å²) in [6.07, 6.45) is 5.23. The van der Waals surface area contributed by atoms with E-state index in [1.165, 1.54) is 18.2 Å². The van der Waals surface area contributed by atoms with E-state index >= 15 is 0 Å². The van der Waals surface area contributed by atoms with Gasteiger partial charge in [-0.1, -0.05) is 19.6 Å². The Morgan fingerprint density at radius 2 is 2.11 bits per heavy atom. The van der Waals surface area contributed by atoms with E-state index in [-0.39, 0.29) is 11.5 Å². The highest BCUT2D eigenvalue weighted by Crippen LogP contribution is 2.28. The Hall–Kier alpha value is -2.29. The quantitative estimate of drug-likeness (QED) is 0.886. The number of aryl methyl sites for hydroxylation is 1. The first-order chi connectivity index (χ1) is 8.60. The molecular weight excluding hydrogens is 228 g/mol. The predicted octanol–water partition coefficient (Wildman–Crippen LogP) is 2.91.